The average Bonchev–Trinajstić information content (AvgIpc) is 2.97. The Labute approximate surface area is 192 Å². The molecule has 1 aromatic carbocycles. The zero-order valence-corrected chi connectivity index (χ0v) is 19.3. The van der Waals surface area contributed by atoms with E-state index in [1.807, 2.05) is 30.3 Å². The van der Waals surface area contributed by atoms with Gasteiger partial charge in [0.05, 0.1) is 38.6 Å². The van der Waals surface area contributed by atoms with Gasteiger partial charge in [0, 0.05) is 5.92 Å². The summed E-state index contributed by atoms with van der Waals surface area (Å²) in [6.07, 6.45) is 1.92. The van der Waals surface area contributed by atoms with Crippen LogP contribution in [-0.4, -0.2) is 51.3 Å². The molecule has 33 heavy (non-hydrogen) atoms. The molecule has 0 fully saturated rings. The fraction of sp³-hybridized carbons (Fsp3) is 0.440. The molecular formula is C25H28O8. The molecular weight excluding hydrogens is 428 g/mol. The number of methoxy groups -OCH3 is 2. The van der Waals surface area contributed by atoms with Gasteiger partial charge in [0.25, 0.3) is 0 Å². The number of carbonyl (C=O) groups is 4. The van der Waals surface area contributed by atoms with Crippen LogP contribution in [0.2, 0.25) is 0 Å². The van der Waals surface area contributed by atoms with Crippen molar-refractivity contribution in [2.45, 2.75) is 33.1 Å². The van der Waals surface area contributed by atoms with Gasteiger partial charge in [-0.3, -0.25) is 9.59 Å². The summed E-state index contributed by atoms with van der Waals surface area (Å²) in [7, 11) is 2.40. The second-order valence-corrected chi connectivity index (χ2v) is 7.85. The van der Waals surface area contributed by atoms with Crippen molar-refractivity contribution in [2.75, 3.05) is 27.4 Å². The maximum absolute atomic E-state index is 13.1. The van der Waals surface area contributed by atoms with E-state index in [4.69, 9.17) is 18.9 Å². The molecule has 2 aliphatic carbocycles. The number of carbonyl (C=O) groups excluding carboxylic acids is 4. The molecule has 8 nitrogen and oxygen atoms in total. The Morgan fingerprint density at radius 3 is 2.15 bits per heavy atom. The van der Waals surface area contributed by atoms with Gasteiger partial charge < -0.3 is 18.9 Å². The summed E-state index contributed by atoms with van der Waals surface area (Å²) < 4.78 is 20.6. The van der Waals surface area contributed by atoms with E-state index in [2.05, 4.69) is 0 Å². The first-order valence-corrected chi connectivity index (χ1v) is 10.9. The van der Waals surface area contributed by atoms with Crippen LogP contribution in [0.5, 0.6) is 0 Å². The third-order valence-electron chi connectivity index (χ3n) is 6.12. The summed E-state index contributed by atoms with van der Waals surface area (Å²) in [4.78, 5) is 52.1. The quantitative estimate of drug-likeness (QED) is 0.366. The van der Waals surface area contributed by atoms with E-state index in [0.29, 0.717) is 0 Å². The van der Waals surface area contributed by atoms with Gasteiger partial charge in [-0.1, -0.05) is 30.3 Å². The topological polar surface area (TPSA) is 105 Å². The lowest BCUT2D eigenvalue weighted by Gasteiger charge is -2.32. The molecule has 0 radical (unpaired) electrons. The van der Waals surface area contributed by atoms with E-state index >= 15 is 0 Å². The summed E-state index contributed by atoms with van der Waals surface area (Å²) in [5.41, 5.74) is 0.825. The first kappa shape index (κ1) is 24.2. The van der Waals surface area contributed by atoms with Gasteiger partial charge in [-0.15, -0.1) is 0 Å². The zero-order chi connectivity index (χ0) is 24.2. The highest BCUT2D eigenvalue weighted by Gasteiger charge is 2.54. The highest BCUT2D eigenvalue weighted by atomic mass is 16.5. The molecule has 0 bridgehead atoms. The SMILES string of the molecule is CCOC(=O)C1=C(C(=O)OCC)[C@H]2CC(C(=O)OC)(C(=O)OC)Cc3ccccc3C2=CC1. The number of ether oxygens (including phenoxy) is 4. The molecule has 0 saturated carbocycles. The van der Waals surface area contributed by atoms with Gasteiger partial charge in [-0.25, -0.2) is 9.59 Å². The van der Waals surface area contributed by atoms with Crippen molar-refractivity contribution in [3.8, 4) is 0 Å². The highest BCUT2D eigenvalue weighted by Crippen LogP contribution is 2.50. The molecule has 1 aromatic rings. The van der Waals surface area contributed by atoms with Crippen molar-refractivity contribution in [1.29, 1.82) is 0 Å². The first-order chi connectivity index (χ1) is 15.8. The molecule has 0 saturated heterocycles. The van der Waals surface area contributed by atoms with Gasteiger partial charge in [0.1, 0.15) is 0 Å². The maximum Gasteiger partial charge on any atom is 0.335 e. The van der Waals surface area contributed by atoms with Crippen LogP contribution >= 0.6 is 0 Å². The largest absolute Gasteiger partial charge is 0.468 e. The van der Waals surface area contributed by atoms with Crippen molar-refractivity contribution >= 4 is 29.5 Å². The van der Waals surface area contributed by atoms with Crippen LogP contribution in [0.1, 0.15) is 37.8 Å². The second-order valence-electron chi connectivity index (χ2n) is 7.85. The number of allylic oxidation sites excluding steroid dienone is 2. The van der Waals surface area contributed by atoms with E-state index in [1.165, 1.54) is 14.2 Å². The lowest BCUT2D eigenvalue weighted by Crippen LogP contribution is -2.44. The Morgan fingerprint density at radius 1 is 0.939 bits per heavy atom. The lowest BCUT2D eigenvalue weighted by molar-refractivity contribution is -0.170. The van der Waals surface area contributed by atoms with Crippen LogP contribution < -0.4 is 0 Å². The highest BCUT2D eigenvalue weighted by molar-refractivity contribution is 6.06. The average molecular weight is 456 g/mol. The maximum atomic E-state index is 13.1. The van der Waals surface area contributed by atoms with Gasteiger partial charge in [0.15, 0.2) is 5.41 Å². The van der Waals surface area contributed by atoms with Crippen LogP contribution in [0, 0.1) is 11.3 Å². The fourth-order valence-electron chi connectivity index (χ4n) is 4.71. The molecule has 0 aliphatic heterocycles. The molecule has 0 amide bonds. The Kier molecular flexibility index (Phi) is 7.36. The van der Waals surface area contributed by atoms with Crippen molar-refractivity contribution in [3.05, 3.63) is 52.6 Å². The summed E-state index contributed by atoms with van der Waals surface area (Å²) in [5.74, 6) is -3.62. The van der Waals surface area contributed by atoms with E-state index in [9.17, 15) is 19.2 Å². The Hall–Kier alpha value is -3.42. The van der Waals surface area contributed by atoms with E-state index in [-0.39, 0.29) is 43.6 Å². The first-order valence-electron chi connectivity index (χ1n) is 10.9. The molecule has 3 rings (SSSR count). The predicted molar refractivity (Wildman–Crippen MR) is 118 cm³/mol. The fourth-order valence-corrected chi connectivity index (χ4v) is 4.71. The van der Waals surface area contributed by atoms with Crippen LogP contribution in [0.25, 0.3) is 5.57 Å². The lowest BCUT2D eigenvalue weighted by atomic mass is 9.71. The Bertz CT molecular complexity index is 1020. The summed E-state index contributed by atoms with van der Waals surface area (Å²) >= 11 is 0. The smallest absolute Gasteiger partial charge is 0.335 e. The van der Waals surface area contributed by atoms with Crippen LogP contribution in [0.4, 0.5) is 0 Å². The van der Waals surface area contributed by atoms with Crippen molar-refractivity contribution in [2.24, 2.45) is 11.3 Å². The summed E-state index contributed by atoms with van der Waals surface area (Å²) in [5, 5.41) is 0. The Morgan fingerprint density at radius 2 is 1.55 bits per heavy atom. The third kappa shape index (κ3) is 4.29. The van der Waals surface area contributed by atoms with E-state index in [1.54, 1.807) is 13.8 Å². The molecule has 0 unspecified atom stereocenters. The minimum Gasteiger partial charge on any atom is -0.468 e. The van der Waals surface area contributed by atoms with Gasteiger partial charge >= 0.3 is 23.9 Å². The van der Waals surface area contributed by atoms with Crippen LogP contribution in [0.3, 0.4) is 0 Å². The van der Waals surface area contributed by atoms with Gasteiger partial charge in [-0.2, -0.15) is 0 Å². The van der Waals surface area contributed by atoms with E-state index < -0.39 is 35.2 Å². The number of fused-ring (bicyclic) bond motifs is 3. The third-order valence-corrected chi connectivity index (χ3v) is 6.12. The monoisotopic (exact) mass is 456 g/mol. The van der Waals surface area contributed by atoms with Gasteiger partial charge in [-0.05, 0) is 49.8 Å². The minimum absolute atomic E-state index is 0.0290. The van der Waals surface area contributed by atoms with Crippen LogP contribution in [0.15, 0.2) is 41.5 Å². The standard InChI is InChI=1S/C25H28O8/c1-5-32-21(26)18-12-11-17-16-10-8-7-9-15(16)13-25(23(28)30-3,24(29)31-4)14-19(17)20(18)22(27)33-6-2/h7-11,19H,5-6,12-14H2,1-4H3/t19-/m0/s1. The van der Waals surface area contributed by atoms with E-state index in [0.717, 1.165) is 16.7 Å². The second kappa shape index (κ2) is 10.0. The normalized spacial score (nSPS) is 18.7. The molecule has 8 heteroatoms. The minimum atomic E-state index is -1.71. The molecule has 0 aromatic heterocycles. The molecule has 2 aliphatic rings. The number of hydrogen-bond acceptors (Lipinski definition) is 8. The predicted octanol–water partition coefficient (Wildman–Crippen LogP) is 2.79. The number of benzene rings is 1. The van der Waals surface area contributed by atoms with Crippen LogP contribution in [-0.2, 0) is 44.5 Å². The number of hydrogen-bond donors (Lipinski definition) is 0. The summed E-state index contributed by atoms with van der Waals surface area (Å²) in [6.45, 7) is 3.57. The van der Waals surface area contributed by atoms with Crippen molar-refractivity contribution in [3.63, 3.8) is 0 Å². The molecule has 1 atom stereocenters. The zero-order valence-electron chi connectivity index (χ0n) is 19.3. The summed E-state index contributed by atoms with van der Waals surface area (Å²) in [6, 6.07) is 7.35. The molecule has 176 valence electrons. The van der Waals surface area contributed by atoms with Crippen molar-refractivity contribution in [1.82, 2.24) is 0 Å². The molecule has 0 N–H and O–H groups in total. The van der Waals surface area contributed by atoms with Crippen molar-refractivity contribution < 1.29 is 38.1 Å². The molecule has 0 spiro atoms. The molecule has 0 heterocycles. The van der Waals surface area contributed by atoms with Gasteiger partial charge in [0.2, 0.25) is 0 Å². The number of esters is 4. The Balaban J connectivity index is 2.30. The number of rotatable bonds is 6.